The van der Waals surface area contributed by atoms with E-state index in [1.54, 1.807) is 0 Å². The van der Waals surface area contributed by atoms with Crippen LogP contribution in [0.2, 0.25) is 0 Å². The lowest BCUT2D eigenvalue weighted by atomic mass is 10.1. The molecule has 0 radical (unpaired) electrons. The van der Waals surface area contributed by atoms with Gasteiger partial charge in [-0.05, 0) is 37.1 Å². The van der Waals surface area contributed by atoms with Gasteiger partial charge in [0.2, 0.25) is 0 Å². The molecule has 1 N–H and O–H groups in total. The lowest BCUT2D eigenvalue weighted by Crippen LogP contribution is -2.21. The maximum absolute atomic E-state index is 13.4. The Bertz CT molecular complexity index is 651. The van der Waals surface area contributed by atoms with Crippen LogP contribution in [0.15, 0.2) is 36.4 Å². The lowest BCUT2D eigenvalue weighted by Gasteiger charge is -2.12. The SMILES string of the molecule is Cc1cccc(C)c1OCC(=O)Nc1cc(F)ccc1F. The monoisotopic (exact) mass is 291 g/mol. The van der Waals surface area contributed by atoms with Crippen molar-refractivity contribution >= 4 is 11.6 Å². The molecule has 0 aliphatic rings. The second-order valence-corrected chi connectivity index (χ2v) is 4.68. The van der Waals surface area contributed by atoms with Gasteiger partial charge in [0.25, 0.3) is 5.91 Å². The highest BCUT2D eigenvalue weighted by molar-refractivity contribution is 5.92. The maximum atomic E-state index is 13.4. The molecule has 0 fully saturated rings. The molecule has 2 rings (SSSR count). The molecule has 2 aromatic rings. The highest BCUT2D eigenvalue weighted by atomic mass is 19.1. The summed E-state index contributed by atoms with van der Waals surface area (Å²) in [7, 11) is 0. The Kier molecular flexibility index (Phi) is 4.52. The number of hydrogen-bond acceptors (Lipinski definition) is 2. The van der Waals surface area contributed by atoms with Crippen molar-refractivity contribution in [2.45, 2.75) is 13.8 Å². The largest absolute Gasteiger partial charge is 0.483 e. The minimum atomic E-state index is -0.697. The van der Waals surface area contributed by atoms with Crippen LogP contribution in [0, 0.1) is 25.5 Å². The predicted molar refractivity (Wildman–Crippen MR) is 76.4 cm³/mol. The number of ether oxygens (including phenoxy) is 1. The molecule has 1 amide bonds. The number of amides is 1. The molecule has 0 aromatic heterocycles. The van der Waals surface area contributed by atoms with E-state index in [9.17, 15) is 13.6 Å². The van der Waals surface area contributed by atoms with Crippen molar-refractivity contribution in [2.24, 2.45) is 0 Å². The molecule has 0 aliphatic heterocycles. The second kappa shape index (κ2) is 6.35. The highest BCUT2D eigenvalue weighted by Gasteiger charge is 2.10. The number of carbonyl (C=O) groups is 1. The molecule has 0 spiro atoms. The second-order valence-electron chi connectivity index (χ2n) is 4.68. The van der Waals surface area contributed by atoms with E-state index in [1.807, 2.05) is 32.0 Å². The Balaban J connectivity index is 2.01. The predicted octanol–water partition coefficient (Wildman–Crippen LogP) is 3.60. The molecule has 3 nitrogen and oxygen atoms in total. The molecular weight excluding hydrogens is 276 g/mol. The van der Waals surface area contributed by atoms with Gasteiger partial charge >= 0.3 is 0 Å². The quantitative estimate of drug-likeness (QED) is 0.934. The van der Waals surface area contributed by atoms with Crippen LogP contribution in [0.5, 0.6) is 5.75 Å². The number of aryl methyl sites for hydroxylation is 2. The van der Waals surface area contributed by atoms with Crippen LogP contribution in [0.1, 0.15) is 11.1 Å². The Hall–Kier alpha value is -2.43. The minimum absolute atomic E-state index is 0.204. The Morgan fingerprint density at radius 2 is 1.81 bits per heavy atom. The van der Waals surface area contributed by atoms with E-state index >= 15 is 0 Å². The van der Waals surface area contributed by atoms with Gasteiger partial charge in [0, 0.05) is 6.07 Å². The number of halogens is 2. The first-order chi connectivity index (χ1) is 9.97. The van der Waals surface area contributed by atoms with Gasteiger partial charge < -0.3 is 10.1 Å². The van der Waals surface area contributed by atoms with Gasteiger partial charge in [0.15, 0.2) is 6.61 Å². The van der Waals surface area contributed by atoms with Crippen molar-refractivity contribution in [2.75, 3.05) is 11.9 Å². The molecule has 0 atom stereocenters. The standard InChI is InChI=1S/C16H15F2NO2/c1-10-4-3-5-11(2)16(10)21-9-15(20)19-14-8-12(17)6-7-13(14)18/h3-8H,9H2,1-2H3,(H,19,20). The zero-order valence-electron chi connectivity index (χ0n) is 11.7. The van der Waals surface area contributed by atoms with Crippen LogP contribution in [-0.2, 0) is 4.79 Å². The number of rotatable bonds is 4. The van der Waals surface area contributed by atoms with Gasteiger partial charge in [-0.25, -0.2) is 8.78 Å². The summed E-state index contributed by atoms with van der Waals surface area (Å²) in [4.78, 5) is 11.7. The fourth-order valence-electron chi connectivity index (χ4n) is 1.94. The van der Waals surface area contributed by atoms with Crippen molar-refractivity contribution in [1.82, 2.24) is 0 Å². The summed E-state index contributed by atoms with van der Waals surface area (Å²) >= 11 is 0. The van der Waals surface area contributed by atoms with E-state index in [0.29, 0.717) is 5.75 Å². The summed E-state index contributed by atoms with van der Waals surface area (Å²) in [6.07, 6.45) is 0. The minimum Gasteiger partial charge on any atom is -0.483 e. The Labute approximate surface area is 121 Å². The maximum Gasteiger partial charge on any atom is 0.262 e. The molecule has 0 aliphatic carbocycles. The van der Waals surface area contributed by atoms with Crippen LogP contribution in [0.25, 0.3) is 0 Å². The number of anilines is 1. The molecule has 2 aromatic carbocycles. The zero-order valence-corrected chi connectivity index (χ0v) is 11.7. The fourth-order valence-corrected chi connectivity index (χ4v) is 1.94. The summed E-state index contributed by atoms with van der Waals surface area (Å²) < 4.78 is 31.8. The van der Waals surface area contributed by atoms with Gasteiger partial charge in [0.05, 0.1) is 5.69 Å². The van der Waals surface area contributed by atoms with Gasteiger partial charge in [-0.2, -0.15) is 0 Å². The summed E-state index contributed by atoms with van der Waals surface area (Å²) in [5.74, 6) is -1.26. The number of nitrogens with one attached hydrogen (secondary N) is 1. The van der Waals surface area contributed by atoms with E-state index < -0.39 is 17.5 Å². The van der Waals surface area contributed by atoms with Crippen LogP contribution in [-0.4, -0.2) is 12.5 Å². The number of carbonyl (C=O) groups excluding carboxylic acids is 1. The van der Waals surface area contributed by atoms with Crippen molar-refractivity contribution in [3.8, 4) is 5.75 Å². The van der Waals surface area contributed by atoms with E-state index in [0.717, 1.165) is 29.3 Å². The lowest BCUT2D eigenvalue weighted by molar-refractivity contribution is -0.118. The number of hydrogen-bond donors (Lipinski definition) is 1. The van der Waals surface area contributed by atoms with Crippen molar-refractivity contribution < 1.29 is 18.3 Å². The van der Waals surface area contributed by atoms with Crippen molar-refractivity contribution in [3.05, 3.63) is 59.2 Å². The molecule has 0 saturated heterocycles. The molecule has 0 unspecified atom stereocenters. The third-order valence-electron chi connectivity index (χ3n) is 2.96. The van der Waals surface area contributed by atoms with Crippen molar-refractivity contribution in [3.63, 3.8) is 0 Å². The molecule has 0 heterocycles. The first-order valence-corrected chi connectivity index (χ1v) is 6.41. The summed E-state index contributed by atoms with van der Waals surface area (Å²) in [6, 6.07) is 8.49. The van der Waals surface area contributed by atoms with Gasteiger partial charge in [-0.3, -0.25) is 4.79 Å². The molecule has 110 valence electrons. The Morgan fingerprint density at radius 3 is 2.48 bits per heavy atom. The number of benzene rings is 2. The Morgan fingerprint density at radius 1 is 1.14 bits per heavy atom. The van der Waals surface area contributed by atoms with Crippen LogP contribution < -0.4 is 10.1 Å². The van der Waals surface area contributed by atoms with Crippen LogP contribution in [0.4, 0.5) is 14.5 Å². The van der Waals surface area contributed by atoms with Crippen molar-refractivity contribution in [1.29, 1.82) is 0 Å². The van der Waals surface area contributed by atoms with Gasteiger partial charge in [-0.15, -0.1) is 0 Å². The summed E-state index contributed by atoms with van der Waals surface area (Å²) in [5, 5.41) is 2.28. The van der Waals surface area contributed by atoms with E-state index in [-0.39, 0.29) is 12.3 Å². The highest BCUT2D eigenvalue weighted by Crippen LogP contribution is 2.22. The summed E-state index contributed by atoms with van der Waals surface area (Å²) in [6.45, 7) is 3.46. The third kappa shape index (κ3) is 3.78. The fraction of sp³-hybridized carbons (Fsp3) is 0.188. The molecule has 5 heteroatoms. The molecular formula is C16H15F2NO2. The van der Waals surface area contributed by atoms with E-state index in [2.05, 4.69) is 5.32 Å². The smallest absolute Gasteiger partial charge is 0.262 e. The first kappa shape index (κ1) is 15.0. The molecule has 21 heavy (non-hydrogen) atoms. The molecule has 0 saturated carbocycles. The molecule has 0 bridgehead atoms. The van der Waals surface area contributed by atoms with E-state index in [4.69, 9.17) is 4.74 Å². The third-order valence-corrected chi connectivity index (χ3v) is 2.96. The van der Waals surface area contributed by atoms with E-state index in [1.165, 1.54) is 0 Å². The average molecular weight is 291 g/mol. The van der Waals surface area contributed by atoms with Crippen LogP contribution >= 0.6 is 0 Å². The van der Waals surface area contributed by atoms with Gasteiger partial charge in [-0.1, -0.05) is 18.2 Å². The number of para-hydroxylation sites is 1. The van der Waals surface area contributed by atoms with Gasteiger partial charge in [0.1, 0.15) is 17.4 Å². The normalized spacial score (nSPS) is 10.3. The average Bonchev–Trinajstić information content (AvgIpc) is 2.42. The first-order valence-electron chi connectivity index (χ1n) is 6.41. The topological polar surface area (TPSA) is 38.3 Å². The summed E-state index contributed by atoms with van der Waals surface area (Å²) in [5.41, 5.74) is 1.60. The zero-order chi connectivity index (χ0) is 15.4. The van der Waals surface area contributed by atoms with Crippen LogP contribution in [0.3, 0.4) is 0 Å².